The third-order valence-corrected chi connectivity index (χ3v) is 3.26. The number of anilines is 2. The van der Waals surface area contributed by atoms with E-state index in [1.807, 2.05) is 30.1 Å². The number of nitrogens with two attached hydrogens (primary N) is 1. The number of hydrogen-bond donors (Lipinski definition) is 1. The van der Waals surface area contributed by atoms with Crippen molar-refractivity contribution in [3.8, 4) is 5.88 Å². The Morgan fingerprint density at radius 2 is 2.11 bits per heavy atom. The molecule has 0 aliphatic heterocycles. The van der Waals surface area contributed by atoms with Crippen molar-refractivity contribution in [1.29, 1.82) is 0 Å². The van der Waals surface area contributed by atoms with E-state index in [4.69, 9.17) is 10.5 Å². The molecule has 0 spiro atoms. The fourth-order valence-electron chi connectivity index (χ4n) is 1.81. The van der Waals surface area contributed by atoms with Crippen LogP contribution < -0.4 is 15.4 Å². The molecular weight excluding hydrogens is 306 g/mol. The molecule has 0 saturated carbocycles. The quantitative estimate of drug-likeness (QED) is 0.940. The van der Waals surface area contributed by atoms with Crippen LogP contribution in [0.5, 0.6) is 5.88 Å². The smallest absolute Gasteiger partial charge is 0.238 e. The Kier molecular flexibility index (Phi) is 4.27. The molecule has 2 N–H and O–H groups in total. The van der Waals surface area contributed by atoms with Gasteiger partial charge in [-0.3, -0.25) is 0 Å². The minimum Gasteiger partial charge on any atom is -0.479 e. The van der Waals surface area contributed by atoms with Gasteiger partial charge in [0.2, 0.25) is 5.88 Å². The number of aromatic nitrogens is 1. The lowest BCUT2D eigenvalue weighted by atomic mass is 10.2. The number of nitrogens with zero attached hydrogens (tertiary/aromatic N) is 2. The van der Waals surface area contributed by atoms with Crippen LogP contribution in [0.2, 0.25) is 0 Å². The highest BCUT2D eigenvalue weighted by Gasteiger charge is 2.07. The van der Waals surface area contributed by atoms with Crippen LogP contribution in [-0.2, 0) is 6.54 Å². The van der Waals surface area contributed by atoms with Crippen molar-refractivity contribution in [3.05, 3.63) is 46.4 Å². The van der Waals surface area contributed by atoms with Crippen LogP contribution in [0.3, 0.4) is 0 Å². The zero-order valence-corrected chi connectivity index (χ0v) is 12.5. The maximum absolute atomic E-state index is 5.76. The summed E-state index contributed by atoms with van der Waals surface area (Å²) >= 11 is 3.47. The van der Waals surface area contributed by atoms with Crippen molar-refractivity contribution in [3.63, 3.8) is 0 Å². The molecule has 2 rings (SSSR count). The monoisotopic (exact) mass is 321 g/mol. The first-order valence-corrected chi connectivity index (χ1v) is 6.65. The van der Waals surface area contributed by atoms with Crippen molar-refractivity contribution >= 4 is 27.4 Å². The molecule has 0 fully saturated rings. The average Bonchev–Trinajstić information content (AvgIpc) is 2.39. The SMILES string of the molecule is COc1nc(N(C)Cc2cccc(Br)c2)ccc1N. The summed E-state index contributed by atoms with van der Waals surface area (Å²) < 4.78 is 6.21. The van der Waals surface area contributed by atoms with E-state index in [2.05, 4.69) is 33.0 Å². The Bertz CT molecular complexity index is 574. The van der Waals surface area contributed by atoms with Crippen molar-refractivity contribution in [2.24, 2.45) is 0 Å². The lowest BCUT2D eigenvalue weighted by Gasteiger charge is -2.19. The van der Waals surface area contributed by atoms with Crippen molar-refractivity contribution in [2.45, 2.75) is 6.54 Å². The molecule has 19 heavy (non-hydrogen) atoms. The van der Waals surface area contributed by atoms with E-state index < -0.39 is 0 Å². The average molecular weight is 322 g/mol. The molecule has 4 nitrogen and oxygen atoms in total. The highest BCUT2D eigenvalue weighted by atomic mass is 79.9. The molecule has 2 aromatic rings. The Morgan fingerprint density at radius 1 is 1.32 bits per heavy atom. The van der Waals surface area contributed by atoms with Crippen LogP contribution in [0.15, 0.2) is 40.9 Å². The first-order valence-electron chi connectivity index (χ1n) is 5.86. The maximum Gasteiger partial charge on any atom is 0.238 e. The Labute approximate surface area is 121 Å². The summed E-state index contributed by atoms with van der Waals surface area (Å²) in [7, 11) is 3.55. The van der Waals surface area contributed by atoms with Crippen LogP contribution >= 0.6 is 15.9 Å². The van der Waals surface area contributed by atoms with Gasteiger partial charge in [0.1, 0.15) is 5.82 Å². The Morgan fingerprint density at radius 3 is 2.79 bits per heavy atom. The van der Waals surface area contributed by atoms with E-state index in [1.54, 1.807) is 13.2 Å². The third-order valence-electron chi connectivity index (χ3n) is 2.77. The lowest BCUT2D eigenvalue weighted by Crippen LogP contribution is -2.18. The highest BCUT2D eigenvalue weighted by Crippen LogP contribution is 2.23. The Hall–Kier alpha value is -1.75. The van der Waals surface area contributed by atoms with E-state index in [1.165, 1.54) is 5.56 Å². The molecule has 1 aromatic heterocycles. The predicted octanol–water partition coefficient (Wildman–Crippen LogP) is 3.07. The van der Waals surface area contributed by atoms with Gasteiger partial charge >= 0.3 is 0 Å². The summed E-state index contributed by atoms with van der Waals surface area (Å²) in [4.78, 5) is 6.42. The molecule has 1 aromatic carbocycles. The topological polar surface area (TPSA) is 51.4 Å². The standard InChI is InChI=1S/C14H16BrN3O/c1-18(9-10-4-3-5-11(15)8-10)13-7-6-12(16)14(17-13)19-2/h3-8H,9,16H2,1-2H3. The molecular formula is C14H16BrN3O. The van der Waals surface area contributed by atoms with E-state index in [9.17, 15) is 0 Å². The van der Waals surface area contributed by atoms with Gasteiger partial charge in [-0.05, 0) is 29.8 Å². The van der Waals surface area contributed by atoms with Crippen molar-refractivity contribution in [1.82, 2.24) is 4.98 Å². The second-order valence-electron chi connectivity index (χ2n) is 4.25. The van der Waals surface area contributed by atoms with Gasteiger partial charge < -0.3 is 15.4 Å². The summed E-state index contributed by atoms with van der Waals surface area (Å²) in [6.07, 6.45) is 0. The zero-order valence-electron chi connectivity index (χ0n) is 10.9. The first-order chi connectivity index (χ1) is 9.10. The van der Waals surface area contributed by atoms with Gasteiger partial charge in [-0.15, -0.1) is 0 Å². The lowest BCUT2D eigenvalue weighted by molar-refractivity contribution is 0.400. The molecule has 0 saturated heterocycles. The largest absolute Gasteiger partial charge is 0.479 e. The second kappa shape index (κ2) is 5.93. The van der Waals surface area contributed by atoms with Crippen LogP contribution in [-0.4, -0.2) is 19.1 Å². The summed E-state index contributed by atoms with van der Waals surface area (Å²) in [5, 5.41) is 0. The number of hydrogen-bond acceptors (Lipinski definition) is 4. The Balaban J connectivity index is 2.18. The maximum atomic E-state index is 5.76. The molecule has 0 amide bonds. The summed E-state index contributed by atoms with van der Waals surface area (Å²) in [5.41, 5.74) is 7.51. The molecule has 5 heteroatoms. The molecule has 0 aliphatic carbocycles. The zero-order chi connectivity index (χ0) is 13.8. The molecule has 0 unspecified atom stereocenters. The fourth-order valence-corrected chi connectivity index (χ4v) is 2.25. The highest BCUT2D eigenvalue weighted by molar-refractivity contribution is 9.10. The first kappa shape index (κ1) is 13.7. The van der Waals surface area contributed by atoms with Gasteiger partial charge in [0.05, 0.1) is 12.8 Å². The molecule has 0 radical (unpaired) electrons. The fraction of sp³-hybridized carbons (Fsp3) is 0.214. The minimum absolute atomic E-state index is 0.457. The number of benzene rings is 1. The normalized spacial score (nSPS) is 10.3. The summed E-state index contributed by atoms with van der Waals surface area (Å²) in [5.74, 6) is 1.28. The van der Waals surface area contributed by atoms with Crippen LogP contribution in [0.1, 0.15) is 5.56 Å². The van der Waals surface area contributed by atoms with Crippen molar-refractivity contribution < 1.29 is 4.74 Å². The number of pyridine rings is 1. The van der Waals surface area contributed by atoms with Crippen LogP contribution in [0, 0.1) is 0 Å². The van der Waals surface area contributed by atoms with Crippen LogP contribution in [0.4, 0.5) is 11.5 Å². The van der Waals surface area contributed by atoms with E-state index in [0.29, 0.717) is 11.6 Å². The van der Waals surface area contributed by atoms with Crippen molar-refractivity contribution in [2.75, 3.05) is 24.8 Å². The number of nitrogen functional groups attached to an aromatic ring is 1. The van der Waals surface area contributed by atoms with Gasteiger partial charge in [-0.25, -0.2) is 0 Å². The second-order valence-corrected chi connectivity index (χ2v) is 5.17. The third kappa shape index (κ3) is 3.38. The van der Waals surface area contributed by atoms with Gasteiger partial charge in [0, 0.05) is 18.1 Å². The molecule has 0 aliphatic rings. The molecule has 0 atom stereocenters. The van der Waals surface area contributed by atoms with Gasteiger partial charge in [0.25, 0.3) is 0 Å². The number of rotatable bonds is 4. The van der Waals surface area contributed by atoms with E-state index in [-0.39, 0.29) is 0 Å². The van der Waals surface area contributed by atoms with Gasteiger partial charge in [-0.1, -0.05) is 28.1 Å². The number of halogens is 1. The van der Waals surface area contributed by atoms with Gasteiger partial charge in [0.15, 0.2) is 0 Å². The number of ether oxygens (including phenoxy) is 1. The van der Waals surface area contributed by atoms with E-state index >= 15 is 0 Å². The minimum atomic E-state index is 0.457. The molecule has 100 valence electrons. The number of methoxy groups -OCH3 is 1. The van der Waals surface area contributed by atoms with Gasteiger partial charge in [-0.2, -0.15) is 4.98 Å². The summed E-state index contributed by atoms with van der Waals surface area (Å²) in [6, 6.07) is 11.9. The molecule has 1 heterocycles. The van der Waals surface area contributed by atoms with Crippen LogP contribution in [0.25, 0.3) is 0 Å². The molecule has 0 bridgehead atoms. The van der Waals surface area contributed by atoms with E-state index in [0.717, 1.165) is 16.8 Å². The summed E-state index contributed by atoms with van der Waals surface area (Å²) in [6.45, 7) is 0.763. The predicted molar refractivity (Wildman–Crippen MR) is 81.5 cm³/mol.